The van der Waals surface area contributed by atoms with Crippen LogP contribution in [0.4, 0.5) is 5.69 Å². The van der Waals surface area contributed by atoms with Crippen molar-refractivity contribution >= 4 is 46.4 Å². The number of imide groups is 1. The maximum absolute atomic E-state index is 13.1. The Bertz CT molecular complexity index is 974. The average Bonchev–Trinajstić information content (AvgIpc) is 3.17. The molecule has 8 heteroatoms. The van der Waals surface area contributed by atoms with Gasteiger partial charge in [0.2, 0.25) is 11.5 Å². The summed E-state index contributed by atoms with van der Waals surface area (Å²) in [5.41, 5.74) is 0.322. The summed E-state index contributed by atoms with van der Waals surface area (Å²) in [5, 5.41) is 5.04. The Labute approximate surface area is 165 Å². The molecule has 0 bridgehead atoms. The number of carbonyl (C=O) groups is 2. The molecule has 2 aromatic carbocycles. The van der Waals surface area contributed by atoms with E-state index in [0.29, 0.717) is 27.2 Å². The zero-order chi connectivity index (χ0) is 19.2. The average molecular weight is 405 g/mol. The number of carbonyl (C=O) groups excluding carboxylic acids is 2. The van der Waals surface area contributed by atoms with E-state index in [-0.39, 0.29) is 12.8 Å². The van der Waals surface area contributed by atoms with Crippen LogP contribution < -0.4 is 9.64 Å². The number of nitrogens with zero attached hydrogens (tertiary/aromatic N) is 2. The fourth-order valence-electron chi connectivity index (χ4n) is 3.28. The van der Waals surface area contributed by atoms with Crippen molar-refractivity contribution in [1.82, 2.24) is 0 Å². The molecule has 2 aliphatic heterocycles. The summed E-state index contributed by atoms with van der Waals surface area (Å²) in [5.74, 6) is -0.510. The number of oxime groups is 1. The number of rotatable bonds is 3. The van der Waals surface area contributed by atoms with Crippen LogP contribution in [0.5, 0.6) is 5.75 Å². The molecule has 0 saturated carbocycles. The number of halogens is 2. The van der Waals surface area contributed by atoms with Gasteiger partial charge in [0.1, 0.15) is 5.75 Å². The van der Waals surface area contributed by atoms with Gasteiger partial charge >= 0.3 is 0 Å². The largest absolute Gasteiger partial charge is 0.495 e. The van der Waals surface area contributed by atoms with E-state index in [1.807, 2.05) is 0 Å². The number of hydrogen-bond acceptors (Lipinski definition) is 5. The highest BCUT2D eigenvalue weighted by Crippen LogP contribution is 2.42. The molecule has 1 fully saturated rings. The summed E-state index contributed by atoms with van der Waals surface area (Å²) in [4.78, 5) is 32.4. The second-order valence-electron chi connectivity index (χ2n) is 6.33. The lowest BCUT2D eigenvalue weighted by Crippen LogP contribution is -2.41. The molecule has 4 rings (SSSR count). The molecule has 0 aromatic heterocycles. The Balaban J connectivity index is 1.65. The molecular formula is C19H14Cl2N2O4. The zero-order valence-corrected chi connectivity index (χ0v) is 15.8. The molecule has 0 unspecified atom stereocenters. The number of anilines is 1. The molecular weight excluding hydrogens is 391 g/mol. The maximum atomic E-state index is 13.1. The van der Waals surface area contributed by atoms with E-state index in [1.54, 1.807) is 36.4 Å². The lowest BCUT2D eigenvalue weighted by molar-refractivity contribution is -0.136. The first kappa shape index (κ1) is 17.8. The van der Waals surface area contributed by atoms with Crippen molar-refractivity contribution in [2.75, 3.05) is 12.0 Å². The molecule has 6 nitrogen and oxygen atoms in total. The number of methoxy groups -OCH3 is 1. The molecule has 2 aliphatic rings. The Morgan fingerprint density at radius 3 is 2.48 bits per heavy atom. The van der Waals surface area contributed by atoms with Crippen molar-refractivity contribution in [3.05, 3.63) is 58.1 Å². The molecule has 2 aromatic rings. The van der Waals surface area contributed by atoms with Crippen molar-refractivity contribution in [3.8, 4) is 5.75 Å². The van der Waals surface area contributed by atoms with Crippen LogP contribution in [-0.2, 0) is 14.4 Å². The monoisotopic (exact) mass is 404 g/mol. The fraction of sp³-hybridized carbons (Fsp3) is 0.211. The molecule has 1 atom stereocenters. The summed E-state index contributed by atoms with van der Waals surface area (Å²) in [7, 11) is 1.46. The molecule has 138 valence electrons. The maximum Gasteiger partial charge on any atom is 0.281 e. The minimum Gasteiger partial charge on any atom is -0.495 e. The highest BCUT2D eigenvalue weighted by atomic mass is 35.5. The molecule has 2 heterocycles. The van der Waals surface area contributed by atoms with Crippen molar-refractivity contribution in [1.29, 1.82) is 0 Å². The van der Waals surface area contributed by atoms with Gasteiger partial charge in [-0.1, -0.05) is 40.5 Å². The highest BCUT2D eigenvalue weighted by molar-refractivity contribution is 6.32. The molecule has 0 aliphatic carbocycles. The summed E-state index contributed by atoms with van der Waals surface area (Å²) < 4.78 is 5.28. The quantitative estimate of drug-likeness (QED) is 0.728. The third-order valence-corrected chi connectivity index (χ3v) is 5.11. The van der Waals surface area contributed by atoms with Crippen molar-refractivity contribution in [2.24, 2.45) is 5.16 Å². The van der Waals surface area contributed by atoms with Gasteiger partial charge in [0.05, 0.1) is 24.9 Å². The predicted octanol–water partition coefficient (Wildman–Crippen LogP) is 3.83. The molecule has 1 saturated heterocycles. The lowest BCUT2D eigenvalue weighted by Gasteiger charge is -2.21. The minimum absolute atomic E-state index is 0.109. The Kier molecular flexibility index (Phi) is 4.32. The van der Waals surface area contributed by atoms with Gasteiger partial charge in [0.15, 0.2) is 0 Å². The third-order valence-electron chi connectivity index (χ3n) is 4.62. The number of amides is 2. The van der Waals surface area contributed by atoms with Crippen LogP contribution in [0.3, 0.4) is 0 Å². The van der Waals surface area contributed by atoms with Crippen molar-refractivity contribution < 1.29 is 19.2 Å². The number of ether oxygens (including phenoxy) is 1. The van der Waals surface area contributed by atoms with Crippen LogP contribution in [0.25, 0.3) is 0 Å². The summed E-state index contributed by atoms with van der Waals surface area (Å²) in [6.07, 6.45) is 0.0840. The van der Waals surface area contributed by atoms with Crippen LogP contribution in [0.1, 0.15) is 18.4 Å². The van der Waals surface area contributed by atoms with E-state index in [4.69, 9.17) is 32.8 Å². The van der Waals surface area contributed by atoms with Crippen LogP contribution in [0.15, 0.2) is 47.6 Å². The van der Waals surface area contributed by atoms with Crippen LogP contribution in [0, 0.1) is 0 Å². The molecule has 2 amide bonds. The van der Waals surface area contributed by atoms with Gasteiger partial charge in [-0.25, -0.2) is 4.90 Å². The van der Waals surface area contributed by atoms with Gasteiger partial charge in [-0.3, -0.25) is 9.59 Å². The van der Waals surface area contributed by atoms with E-state index in [2.05, 4.69) is 5.16 Å². The highest BCUT2D eigenvalue weighted by Gasteiger charge is 2.58. The smallest absolute Gasteiger partial charge is 0.281 e. The second kappa shape index (κ2) is 6.55. The van der Waals surface area contributed by atoms with Crippen molar-refractivity contribution in [3.63, 3.8) is 0 Å². The van der Waals surface area contributed by atoms with Gasteiger partial charge < -0.3 is 9.57 Å². The van der Waals surface area contributed by atoms with E-state index in [9.17, 15) is 9.59 Å². The van der Waals surface area contributed by atoms with E-state index >= 15 is 0 Å². The molecule has 0 N–H and O–H groups in total. The third kappa shape index (κ3) is 2.95. The van der Waals surface area contributed by atoms with Crippen LogP contribution >= 0.6 is 23.2 Å². The van der Waals surface area contributed by atoms with E-state index in [1.165, 1.54) is 13.2 Å². The lowest BCUT2D eigenvalue weighted by atomic mass is 9.92. The summed E-state index contributed by atoms with van der Waals surface area (Å²) >= 11 is 12.0. The van der Waals surface area contributed by atoms with E-state index < -0.39 is 17.4 Å². The van der Waals surface area contributed by atoms with Gasteiger partial charge in [0, 0.05) is 16.5 Å². The first-order valence-corrected chi connectivity index (χ1v) is 8.91. The molecule has 1 spiro atoms. The van der Waals surface area contributed by atoms with Gasteiger partial charge in [0.25, 0.3) is 5.91 Å². The normalized spacial score (nSPS) is 21.6. The van der Waals surface area contributed by atoms with Crippen LogP contribution in [-0.4, -0.2) is 30.2 Å². The Morgan fingerprint density at radius 1 is 1.07 bits per heavy atom. The van der Waals surface area contributed by atoms with Crippen LogP contribution in [0.2, 0.25) is 10.0 Å². The fourth-order valence-corrected chi connectivity index (χ4v) is 3.57. The first-order chi connectivity index (χ1) is 12.9. The summed E-state index contributed by atoms with van der Waals surface area (Å²) in [6.45, 7) is 0. The Hall–Kier alpha value is -2.57. The van der Waals surface area contributed by atoms with Gasteiger partial charge in [-0.15, -0.1) is 0 Å². The van der Waals surface area contributed by atoms with E-state index in [0.717, 1.165) is 10.5 Å². The standard InChI is InChI=1S/C19H14Cl2N2O4/c1-26-16-7-6-13(21)8-15(16)23-17(24)10-19(18(23)25)9-14(22-27-19)11-2-4-12(20)5-3-11/h2-8H,9-10H2,1H3/t19-/m0/s1. The van der Waals surface area contributed by atoms with Gasteiger partial charge in [-0.2, -0.15) is 0 Å². The summed E-state index contributed by atoms with van der Waals surface area (Å²) in [6, 6.07) is 11.8. The minimum atomic E-state index is -1.35. The zero-order valence-electron chi connectivity index (χ0n) is 14.2. The SMILES string of the molecule is COc1ccc(Cl)cc1N1C(=O)C[C@@]2(CC(c3ccc(Cl)cc3)=NO2)C1=O. The molecule has 0 radical (unpaired) electrons. The van der Waals surface area contributed by atoms with Gasteiger partial charge in [-0.05, 0) is 35.9 Å². The Morgan fingerprint density at radius 2 is 1.78 bits per heavy atom. The topological polar surface area (TPSA) is 68.2 Å². The number of hydrogen-bond donors (Lipinski definition) is 0. The second-order valence-corrected chi connectivity index (χ2v) is 7.21. The predicted molar refractivity (Wildman–Crippen MR) is 102 cm³/mol. The first-order valence-electron chi connectivity index (χ1n) is 8.15. The molecule has 27 heavy (non-hydrogen) atoms. The van der Waals surface area contributed by atoms with Crippen molar-refractivity contribution in [2.45, 2.75) is 18.4 Å². The number of benzene rings is 2.